The fourth-order valence-electron chi connectivity index (χ4n) is 2.56. The van der Waals surface area contributed by atoms with Crippen molar-refractivity contribution in [2.45, 2.75) is 38.0 Å². The van der Waals surface area contributed by atoms with Crippen molar-refractivity contribution in [1.29, 1.82) is 5.26 Å². The SMILES string of the molecule is N#CCNC(=O)c1ccc(C2CCCCC2)cc1. The fourth-order valence-corrected chi connectivity index (χ4v) is 2.56. The van der Waals surface area contributed by atoms with Gasteiger partial charge in [0.15, 0.2) is 0 Å². The van der Waals surface area contributed by atoms with E-state index in [0.29, 0.717) is 11.5 Å². The van der Waals surface area contributed by atoms with Gasteiger partial charge in [0.25, 0.3) is 5.91 Å². The average Bonchev–Trinajstić information content (AvgIpc) is 2.46. The summed E-state index contributed by atoms with van der Waals surface area (Å²) in [4.78, 5) is 11.6. The molecule has 0 aromatic heterocycles. The lowest BCUT2D eigenvalue weighted by Crippen LogP contribution is -2.23. The first kappa shape index (κ1) is 12.6. The summed E-state index contributed by atoms with van der Waals surface area (Å²) in [6.07, 6.45) is 6.51. The van der Waals surface area contributed by atoms with Crippen LogP contribution in [-0.2, 0) is 0 Å². The van der Waals surface area contributed by atoms with E-state index in [-0.39, 0.29) is 12.5 Å². The highest BCUT2D eigenvalue weighted by Crippen LogP contribution is 2.32. The van der Waals surface area contributed by atoms with Crippen molar-refractivity contribution in [1.82, 2.24) is 5.32 Å². The number of hydrogen-bond acceptors (Lipinski definition) is 2. The summed E-state index contributed by atoms with van der Waals surface area (Å²) >= 11 is 0. The highest BCUT2D eigenvalue weighted by molar-refractivity contribution is 5.94. The van der Waals surface area contributed by atoms with Crippen molar-refractivity contribution >= 4 is 5.91 Å². The second-order valence-electron chi connectivity index (χ2n) is 4.80. The first-order chi connectivity index (χ1) is 8.81. The molecule has 0 heterocycles. The van der Waals surface area contributed by atoms with Crippen LogP contribution in [0.3, 0.4) is 0 Å². The molecule has 0 bridgehead atoms. The van der Waals surface area contributed by atoms with Gasteiger partial charge in [-0.15, -0.1) is 0 Å². The molecule has 1 aliphatic rings. The van der Waals surface area contributed by atoms with E-state index in [1.807, 2.05) is 18.2 Å². The highest BCUT2D eigenvalue weighted by atomic mass is 16.1. The summed E-state index contributed by atoms with van der Waals surface area (Å²) in [5, 5.41) is 11.0. The quantitative estimate of drug-likeness (QED) is 0.828. The molecule has 1 aliphatic carbocycles. The Kier molecular flexibility index (Phi) is 4.35. The Balaban J connectivity index is 2.00. The van der Waals surface area contributed by atoms with Crippen molar-refractivity contribution in [3.63, 3.8) is 0 Å². The predicted molar refractivity (Wildman–Crippen MR) is 70.2 cm³/mol. The van der Waals surface area contributed by atoms with Crippen LogP contribution < -0.4 is 5.32 Å². The molecule has 0 spiro atoms. The number of amides is 1. The minimum Gasteiger partial charge on any atom is -0.339 e. The zero-order chi connectivity index (χ0) is 12.8. The molecule has 0 radical (unpaired) electrons. The third kappa shape index (κ3) is 3.10. The summed E-state index contributed by atoms with van der Waals surface area (Å²) in [6, 6.07) is 9.72. The van der Waals surface area contributed by atoms with Gasteiger partial charge < -0.3 is 5.32 Å². The molecule has 94 valence electrons. The van der Waals surface area contributed by atoms with Crippen LogP contribution in [0.4, 0.5) is 0 Å². The smallest absolute Gasteiger partial charge is 0.252 e. The highest BCUT2D eigenvalue weighted by Gasteiger charge is 2.15. The van der Waals surface area contributed by atoms with Crippen LogP contribution in [-0.4, -0.2) is 12.5 Å². The number of benzene rings is 1. The zero-order valence-electron chi connectivity index (χ0n) is 10.5. The number of nitrogens with one attached hydrogen (secondary N) is 1. The predicted octanol–water partition coefficient (Wildman–Crippen LogP) is 2.99. The first-order valence-electron chi connectivity index (χ1n) is 6.56. The summed E-state index contributed by atoms with van der Waals surface area (Å²) in [7, 11) is 0. The lowest BCUT2D eigenvalue weighted by Gasteiger charge is -2.22. The van der Waals surface area contributed by atoms with Crippen molar-refractivity contribution in [3.05, 3.63) is 35.4 Å². The van der Waals surface area contributed by atoms with Crippen molar-refractivity contribution in [2.24, 2.45) is 0 Å². The van der Waals surface area contributed by atoms with E-state index in [1.165, 1.54) is 37.7 Å². The van der Waals surface area contributed by atoms with Gasteiger partial charge in [-0.1, -0.05) is 31.4 Å². The maximum absolute atomic E-state index is 11.6. The fraction of sp³-hybridized carbons (Fsp3) is 0.467. The van der Waals surface area contributed by atoms with Crippen molar-refractivity contribution in [3.8, 4) is 6.07 Å². The summed E-state index contributed by atoms with van der Waals surface area (Å²) in [5.41, 5.74) is 1.97. The number of hydrogen-bond donors (Lipinski definition) is 1. The van der Waals surface area contributed by atoms with Gasteiger partial charge in [0, 0.05) is 5.56 Å². The van der Waals surface area contributed by atoms with E-state index in [1.54, 1.807) is 0 Å². The zero-order valence-corrected chi connectivity index (χ0v) is 10.5. The van der Waals surface area contributed by atoms with E-state index in [9.17, 15) is 4.79 Å². The van der Waals surface area contributed by atoms with Crippen LogP contribution >= 0.6 is 0 Å². The van der Waals surface area contributed by atoms with Crippen molar-refractivity contribution < 1.29 is 4.79 Å². The minimum absolute atomic E-state index is 0.0587. The Morgan fingerprint density at radius 2 is 1.89 bits per heavy atom. The summed E-state index contributed by atoms with van der Waals surface area (Å²) < 4.78 is 0. The molecule has 1 aromatic carbocycles. The molecule has 0 saturated heterocycles. The molecule has 1 N–H and O–H groups in total. The van der Waals surface area contributed by atoms with Crippen LogP contribution in [0.1, 0.15) is 53.9 Å². The lowest BCUT2D eigenvalue weighted by atomic mass is 9.84. The van der Waals surface area contributed by atoms with Gasteiger partial charge >= 0.3 is 0 Å². The van der Waals surface area contributed by atoms with Gasteiger partial charge in [0.2, 0.25) is 0 Å². The second kappa shape index (κ2) is 6.20. The van der Waals surface area contributed by atoms with Gasteiger partial charge in [-0.3, -0.25) is 4.79 Å². The molecule has 0 unspecified atom stereocenters. The van der Waals surface area contributed by atoms with E-state index >= 15 is 0 Å². The molecule has 3 nitrogen and oxygen atoms in total. The van der Waals surface area contributed by atoms with Crippen LogP contribution in [0.2, 0.25) is 0 Å². The van der Waals surface area contributed by atoms with E-state index in [4.69, 9.17) is 5.26 Å². The van der Waals surface area contributed by atoms with Crippen LogP contribution in [0, 0.1) is 11.3 Å². The Morgan fingerprint density at radius 3 is 2.50 bits per heavy atom. The molecule has 1 saturated carbocycles. The van der Waals surface area contributed by atoms with E-state index < -0.39 is 0 Å². The number of rotatable bonds is 3. The number of carbonyl (C=O) groups is 1. The summed E-state index contributed by atoms with van der Waals surface area (Å²) in [5.74, 6) is 0.488. The second-order valence-corrected chi connectivity index (χ2v) is 4.80. The summed E-state index contributed by atoms with van der Waals surface area (Å²) in [6.45, 7) is 0.0587. The van der Waals surface area contributed by atoms with Crippen LogP contribution in [0.5, 0.6) is 0 Å². The van der Waals surface area contributed by atoms with Crippen LogP contribution in [0.25, 0.3) is 0 Å². The van der Waals surface area contributed by atoms with E-state index in [2.05, 4.69) is 17.4 Å². The molecular weight excluding hydrogens is 224 g/mol. The van der Waals surface area contributed by atoms with E-state index in [0.717, 1.165) is 0 Å². The lowest BCUT2D eigenvalue weighted by molar-refractivity contribution is 0.0958. The molecule has 1 amide bonds. The largest absolute Gasteiger partial charge is 0.339 e. The van der Waals surface area contributed by atoms with Gasteiger partial charge in [0.1, 0.15) is 6.54 Å². The Morgan fingerprint density at radius 1 is 1.22 bits per heavy atom. The van der Waals surface area contributed by atoms with Gasteiger partial charge in [-0.2, -0.15) is 5.26 Å². The molecule has 1 aromatic rings. The van der Waals surface area contributed by atoms with Gasteiger partial charge in [-0.05, 0) is 36.5 Å². The molecular formula is C15H18N2O. The van der Waals surface area contributed by atoms with Crippen LogP contribution in [0.15, 0.2) is 24.3 Å². The molecule has 2 rings (SSSR count). The monoisotopic (exact) mass is 242 g/mol. The third-order valence-electron chi connectivity index (χ3n) is 3.58. The minimum atomic E-state index is -0.174. The number of carbonyl (C=O) groups excluding carboxylic acids is 1. The van der Waals surface area contributed by atoms with Crippen molar-refractivity contribution in [2.75, 3.05) is 6.54 Å². The average molecular weight is 242 g/mol. The Labute approximate surface area is 108 Å². The standard InChI is InChI=1S/C15H18N2O/c16-10-11-17-15(18)14-8-6-13(7-9-14)12-4-2-1-3-5-12/h6-9,12H,1-5,11H2,(H,17,18). The van der Waals surface area contributed by atoms with Gasteiger partial charge in [0.05, 0.1) is 6.07 Å². The van der Waals surface area contributed by atoms with Gasteiger partial charge in [-0.25, -0.2) is 0 Å². The maximum Gasteiger partial charge on any atom is 0.252 e. The Bertz CT molecular complexity index is 439. The number of nitrogens with zero attached hydrogens (tertiary/aromatic N) is 1. The topological polar surface area (TPSA) is 52.9 Å². The molecule has 1 fully saturated rings. The maximum atomic E-state index is 11.6. The molecule has 0 atom stereocenters. The molecule has 18 heavy (non-hydrogen) atoms. The third-order valence-corrected chi connectivity index (χ3v) is 3.58. The molecule has 0 aliphatic heterocycles. The number of nitriles is 1. The molecule has 3 heteroatoms. The first-order valence-corrected chi connectivity index (χ1v) is 6.56. The normalized spacial score (nSPS) is 15.9. The Hall–Kier alpha value is -1.82.